The fourth-order valence-corrected chi connectivity index (χ4v) is 4.48. The molecule has 3 aromatic rings. The number of benzene rings is 2. The van der Waals surface area contributed by atoms with Crippen molar-refractivity contribution in [1.29, 1.82) is 0 Å². The van der Waals surface area contributed by atoms with E-state index >= 15 is 0 Å². The number of amides is 1. The molecule has 0 radical (unpaired) electrons. The standard InChI is InChI=1S/C23H24BrN3O3/c1-3-5-13-26-21(28)19(22(29)30-4-2)20(15-9-8-10-16(24)14-15)27-18-12-7-6-11-17(18)25-23(26)27/h6-12,14,19-20H,3-5,13H2,1-2H3/t19-,20-/m1/s1. The molecule has 4 rings (SSSR count). The summed E-state index contributed by atoms with van der Waals surface area (Å²) in [5.41, 5.74) is 2.54. The Balaban J connectivity index is 1.98. The van der Waals surface area contributed by atoms with E-state index in [0.29, 0.717) is 12.5 Å². The molecule has 2 aromatic carbocycles. The Morgan fingerprint density at radius 2 is 1.97 bits per heavy atom. The van der Waals surface area contributed by atoms with Crippen LogP contribution in [0.4, 0.5) is 5.95 Å². The quantitative estimate of drug-likeness (QED) is 0.387. The second-order valence-corrected chi connectivity index (χ2v) is 8.26. The van der Waals surface area contributed by atoms with Crippen LogP contribution < -0.4 is 4.90 Å². The number of halogens is 1. The van der Waals surface area contributed by atoms with Gasteiger partial charge >= 0.3 is 5.97 Å². The number of imidazole rings is 1. The van der Waals surface area contributed by atoms with Crippen molar-refractivity contribution in [3.63, 3.8) is 0 Å². The van der Waals surface area contributed by atoms with Gasteiger partial charge in [-0.3, -0.25) is 14.5 Å². The number of carbonyl (C=O) groups is 2. The highest BCUT2D eigenvalue weighted by molar-refractivity contribution is 9.10. The third-order valence-corrected chi connectivity index (χ3v) is 5.90. The van der Waals surface area contributed by atoms with Crippen LogP contribution in [-0.4, -0.2) is 34.6 Å². The molecular formula is C23H24BrN3O3. The van der Waals surface area contributed by atoms with Gasteiger partial charge in [-0.2, -0.15) is 0 Å². The topological polar surface area (TPSA) is 64.4 Å². The van der Waals surface area contributed by atoms with Crippen LogP contribution in [0.15, 0.2) is 53.0 Å². The Labute approximate surface area is 184 Å². The minimum Gasteiger partial charge on any atom is -0.465 e. The van der Waals surface area contributed by atoms with Crippen LogP contribution in [0.25, 0.3) is 11.0 Å². The Bertz CT molecular complexity index is 1090. The van der Waals surface area contributed by atoms with E-state index in [2.05, 4.69) is 22.9 Å². The molecule has 2 atom stereocenters. The van der Waals surface area contributed by atoms with Crippen LogP contribution in [0.1, 0.15) is 38.3 Å². The summed E-state index contributed by atoms with van der Waals surface area (Å²) < 4.78 is 8.27. The van der Waals surface area contributed by atoms with Crippen LogP contribution in [0.2, 0.25) is 0 Å². The molecule has 30 heavy (non-hydrogen) atoms. The van der Waals surface area contributed by atoms with E-state index in [1.807, 2.05) is 53.1 Å². The second-order valence-electron chi connectivity index (χ2n) is 7.34. The van der Waals surface area contributed by atoms with Crippen molar-refractivity contribution in [2.24, 2.45) is 5.92 Å². The maximum atomic E-state index is 13.6. The Morgan fingerprint density at radius 3 is 2.70 bits per heavy atom. The summed E-state index contributed by atoms with van der Waals surface area (Å²) in [6, 6.07) is 15.0. The molecule has 6 nitrogen and oxygen atoms in total. The van der Waals surface area contributed by atoms with Gasteiger partial charge in [0.25, 0.3) is 0 Å². The van der Waals surface area contributed by atoms with Gasteiger partial charge in [-0.25, -0.2) is 4.98 Å². The number of aromatic nitrogens is 2. The number of nitrogens with zero attached hydrogens (tertiary/aromatic N) is 3. The van der Waals surface area contributed by atoms with Gasteiger partial charge < -0.3 is 9.30 Å². The number of rotatable bonds is 6. The zero-order chi connectivity index (χ0) is 21.3. The largest absolute Gasteiger partial charge is 0.465 e. The summed E-state index contributed by atoms with van der Waals surface area (Å²) in [4.78, 5) is 33.1. The molecule has 156 valence electrons. The first-order valence-electron chi connectivity index (χ1n) is 10.3. The summed E-state index contributed by atoms with van der Waals surface area (Å²) in [6.07, 6.45) is 1.76. The number of hydrogen-bond acceptors (Lipinski definition) is 4. The summed E-state index contributed by atoms with van der Waals surface area (Å²) in [6.45, 7) is 4.57. The lowest BCUT2D eigenvalue weighted by atomic mass is 9.89. The van der Waals surface area contributed by atoms with Crippen LogP contribution in [0, 0.1) is 5.92 Å². The average molecular weight is 470 g/mol. The lowest BCUT2D eigenvalue weighted by molar-refractivity contribution is -0.153. The summed E-state index contributed by atoms with van der Waals surface area (Å²) in [5.74, 6) is -1.14. The average Bonchev–Trinajstić information content (AvgIpc) is 3.11. The van der Waals surface area contributed by atoms with E-state index in [4.69, 9.17) is 9.72 Å². The molecule has 1 amide bonds. The van der Waals surface area contributed by atoms with Crippen molar-refractivity contribution >= 4 is 44.8 Å². The number of anilines is 1. The van der Waals surface area contributed by atoms with Crippen molar-refractivity contribution in [3.8, 4) is 0 Å². The fourth-order valence-electron chi connectivity index (χ4n) is 4.07. The normalized spacial score (nSPS) is 18.5. The first-order valence-corrected chi connectivity index (χ1v) is 11.1. The molecular weight excluding hydrogens is 446 g/mol. The van der Waals surface area contributed by atoms with E-state index in [-0.39, 0.29) is 12.5 Å². The number of fused-ring (bicyclic) bond motifs is 3. The van der Waals surface area contributed by atoms with Gasteiger partial charge in [0.2, 0.25) is 11.9 Å². The minimum absolute atomic E-state index is 0.223. The van der Waals surface area contributed by atoms with Crippen LogP contribution in [0.3, 0.4) is 0 Å². The molecule has 0 fully saturated rings. The minimum atomic E-state index is -0.971. The van der Waals surface area contributed by atoms with Crippen molar-refractivity contribution in [1.82, 2.24) is 9.55 Å². The summed E-state index contributed by atoms with van der Waals surface area (Å²) in [5, 5.41) is 0. The molecule has 2 heterocycles. The Kier molecular flexibility index (Phi) is 5.90. The van der Waals surface area contributed by atoms with Crippen LogP contribution >= 0.6 is 15.9 Å². The highest BCUT2D eigenvalue weighted by atomic mass is 79.9. The third-order valence-electron chi connectivity index (χ3n) is 5.41. The van der Waals surface area contributed by atoms with Gasteiger partial charge in [0.15, 0.2) is 5.92 Å². The van der Waals surface area contributed by atoms with Gasteiger partial charge in [0, 0.05) is 11.0 Å². The highest BCUT2D eigenvalue weighted by Crippen LogP contribution is 2.41. The number of esters is 1. The van der Waals surface area contributed by atoms with Crippen molar-refractivity contribution in [2.45, 2.75) is 32.7 Å². The van der Waals surface area contributed by atoms with Gasteiger partial charge in [-0.05, 0) is 43.2 Å². The highest BCUT2D eigenvalue weighted by Gasteiger charge is 2.47. The molecule has 7 heteroatoms. The molecule has 0 saturated carbocycles. The van der Waals surface area contributed by atoms with Crippen LogP contribution in [-0.2, 0) is 14.3 Å². The lowest BCUT2D eigenvalue weighted by Crippen LogP contribution is -2.50. The third kappa shape index (κ3) is 3.51. The number of para-hydroxylation sites is 2. The predicted molar refractivity (Wildman–Crippen MR) is 119 cm³/mol. The van der Waals surface area contributed by atoms with E-state index in [1.54, 1.807) is 11.8 Å². The van der Waals surface area contributed by atoms with E-state index in [1.165, 1.54) is 0 Å². The smallest absolute Gasteiger partial charge is 0.321 e. The van der Waals surface area contributed by atoms with Crippen molar-refractivity contribution < 1.29 is 14.3 Å². The number of ether oxygens (including phenoxy) is 1. The van der Waals surface area contributed by atoms with Crippen molar-refractivity contribution in [2.75, 3.05) is 18.1 Å². The molecule has 0 saturated heterocycles. The van der Waals surface area contributed by atoms with E-state index in [0.717, 1.165) is 33.9 Å². The lowest BCUT2D eigenvalue weighted by Gasteiger charge is -2.38. The predicted octanol–water partition coefficient (Wildman–Crippen LogP) is 4.71. The maximum absolute atomic E-state index is 13.6. The molecule has 1 aliphatic rings. The maximum Gasteiger partial charge on any atom is 0.321 e. The molecule has 0 N–H and O–H groups in total. The van der Waals surface area contributed by atoms with Gasteiger partial charge in [-0.15, -0.1) is 0 Å². The monoisotopic (exact) mass is 469 g/mol. The summed E-state index contributed by atoms with van der Waals surface area (Å²) >= 11 is 3.52. The summed E-state index contributed by atoms with van der Waals surface area (Å²) in [7, 11) is 0. The second kappa shape index (κ2) is 8.60. The molecule has 0 aliphatic carbocycles. The molecule has 0 bridgehead atoms. The van der Waals surface area contributed by atoms with E-state index in [9.17, 15) is 9.59 Å². The first-order chi connectivity index (χ1) is 14.6. The zero-order valence-corrected chi connectivity index (χ0v) is 18.6. The molecule has 0 unspecified atom stereocenters. The molecule has 1 aromatic heterocycles. The number of hydrogen-bond donors (Lipinski definition) is 0. The SMILES string of the molecule is CCCCN1C(=O)[C@H](C(=O)OCC)[C@@H](c2cccc(Br)c2)n2c1nc1ccccc12. The Morgan fingerprint density at radius 1 is 1.17 bits per heavy atom. The van der Waals surface area contributed by atoms with Gasteiger partial charge in [0.1, 0.15) is 0 Å². The zero-order valence-electron chi connectivity index (χ0n) is 17.0. The number of unbranched alkanes of at least 4 members (excludes halogenated alkanes) is 1. The first kappa shape index (κ1) is 20.6. The fraction of sp³-hybridized carbons (Fsp3) is 0.348. The Hall–Kier alpha value is -2.67. The molecule has 1 aliphatic heterocycles. The number of carbonyl (C=O) groups excluding carboxylic acids is 2. The van der Waals surface area contributed by atoms with Gasteiger partial charge in [-0.1, -0.05) is 53.5 Å². The molecule has 0 spiro atoms. The van der Waals surface area contributed by atoms with Crippen molar-refractivity contribution in [3.05, 3.63) is 58.6 Å². The van der Waals surface area contributed by atoms with E-state index < -0.39 is 17.9 Å². The van der Waals surface area contributed by atoms with Gasteiger partial charge in [0.05, 0.1) is 23.7 Å². The van der Waals surface area contributed by atoms with Crippen LogP contribution in [0.5, 0.6) is 0 Å².